The van der Waals surface area contributed by atoms with Crippen molar-refractivity contribution < 1.29 is 0 Å². The van der Waals surface area contributed by atoms with Crippen molar-refractivity contribution in [3.05, 3.63) is 161 Å². The molecule has 1 aliphatic rings. The van der Waals surface area contributed by atoms with Crippen LogP contribution in [0.25, 0.3) is 48.1 Å². The van der Waals surface area contributed by atoms with Gasteiger partial charge in [-0.15, -0.1) is 11.3 Å². The van der Waals surface area contributed by atoms with Crippen LogP contribution in [-0.2, 0) is 5.41 Å². The summed E-state index contributed by atoms with van der Waals surface area (Å²) < 4.78 is 2.59. The molecule has 0 spiro atoms. The minimum atomic E-state index is -0.321. The lowest BCUT2D eigenvalue weighted by Crippen LogP contribution is -2.31. The Morgan fingerprint density at radius 1 is 0.705 bits per heavy atom. The van der Waals surface area contributed by atoms with E-state index in [2.05, 4.69) is 141 Å². The molecule has 44 heavy (non-hydrogen) atoms. The Morgan fingerprint density at radius 3 is 2.25 bits per heavy atom. The van der Waals surface area contributed by atoms with Crippen LogP contribution >= 0.6 is 11.3 Å². The van der Waals surface area contributed by atoms with Gasteiger partial charge in [0.15, 0.2) is 0 Å². The predicted octanol–water partition coefficient (Wildman–Crippen LogP) is 10.5. The van der Waals surface area contributed by atoms with E-state index in [0.717, 1.165) is 5.56 Å². The second-order valence-corrected chi connectivity index (χ2v) is 13.4. The van der Waals surface area contributed by atoms with Gasteiger partial charge >= 0.3 is 0 Å². The zero-order chi connectivity index (χ0) is 29.8. The Bertz CT molecular complexity index is 2210. The van der Waals surface area contributed by atoms with E-state index >= 15 is 0 Å². The second-order valence-electron chi connectivity index (χ2n) is 12.4. The van der Waals surface area contributed by atoms with Crippen LogP contribution in [0.15, 0.2) is 133 Å². The Hall–Kier alpha value is -4.54. The van der Waals surface area contributed by atoms with Crippen LogP contribution in [-0.4, -0.2) is 0 Å². The predicted molar refractivity (Wildman–Crippen MR) is 189 cm³/mol. The van der Waals surface area contributed by atoms with Crippen LogP contribution in [0.1, 0.15) is 53.9 Å². The summed E-state index contributed by atoms with van der Waals surface area (Å²) in [5.74, 6) is 0. The SMILES string of the molecule is CC1(C)c2cc3ccccc3cc2-c2c(/C=C/C(NC(N)c3ccccc3)c3cccc4sc5ccccc5c34)cccc21. The lowest BCUT2D eigenvalue weighted by atomic mass is 9.81. The molecule has 0 aliphatic heterocycles. The van der Waals surface area contributed by atoms with Crippen molar-refractivity contribution in [1.29, 1.82) is 0 Å². The van der Waals surface area contributed by atoms with E-state index in [1.54, 1.807) is 0 Å². The number of benzene rings is 6. The van der Waals surface area contributed by atoms with Crippen LogP contribution in [0.4, 0.5) is 0 Å². The van der Waals surface area contributed by atoms with Gasteiger partial charge in [0.2, 0.25) is 0 Å². The molecule has 1 aliphatic carbocycles. The van der Waals surface area contributed by atoms with Gasteiger partial charge in [-0.25, -0.2) is 0 Å². The summed E-state index contributed by atoms with van der Waals surface area (Å²) in [7, 11) is 0. The van der Waals surface area contributed by atoms with Crippen LogP contribution in [0, 0.1) is 0 Å². The first-order chi connectivity index (χ1) is 21.5. The number of hydrogen-bond donors (Lipinski definition) is 2. The number of thiophene rings is 1. The summed E-state index contributed by atoms with van der Waals surface area (Å²) in [6.45, 7) is 4.71. The molecule has 7 aromatic rings. The fourth-order valence-corrected chi connectivity index (χ4v) is 8.24. The molecule has 3 heteroatoms. The highest BCUT2D eigenvalue weighted by Crippen LogP contribution is 2.51. The first-order valence-electron chi connectivity index (χ1n) is 15.3. The lowest BCUT2D eigenvalue weighted by molar-refractivity contribution is 0.511. The maximum Gasteiger partial charge on any atom is 0.0817 e. The third kappa shape index (κ3) is 4.39. The Morgan fingerprint density at radius 2 is 1.41 bits per heavy atom. The second kappa shape index (κ2) is 10.6. The molecule has 2 unspecified atom stereocenters. The van der Waals surface area contributed by atoms with Crippen molar-refractivity contribution >= 4 is 48.4 Å². The average molecular weight is 587 g/mol. The van der Waals surface area contributed by atoms with Gasteiger partial charge in [-0.05, 0) is 74.0 Å². The maximum atomic E-state index is 6.83. The van der Waals surface area contributed by atoms with Gasteiger partial charge in [-0.2, -0.15) is 0 Å². The van der Waals surface area contributed by atoms with E-state index < -0.39 is 0 Å². The third-order valence-electron chi connectivity index (χ3n) is 9.35. The molecule has 1 heterocycles. The van der Waals surface area contributed by atoms with E-state index in [0.29, 0.717) is 0 Å². The molecular formula is C41H34N2S. The lowest BCUT2D eigenvalue weighted by Gasteiger charge is -2.23. The van der Waals surface area contributed by atoms with E-state index in [4.69, 9.17) is 5.73 Å². The van der Waals surface area contributed by atoms with Crippen molar-refractivity contribution in [2.24, 2.45) is 5.73 Å². The molecule has 214 valence electrons. The molecule has 0 saturated heterocycles. The van der Waals surface area contributed by atoms with Gasteiger partial charge in [-0.3, -0.25) is 5.32 Å². The highest BCUT2D eigenvalue weighted by Gasteiger charge is 2.36. The van der Waals surface area contributed by atoms with Crippen molar-refractivity contribution in [3.8, 4) is 11.1 Å². The molecule has 6 aromatic carbocycles. The number of rotatable bonds is 6. The average Bonchev–Trinajstić information content (AvgIpc) is 3.55. The first-order valence-corrected chi connectivity index (χ1v) is 16.1. The van der Waals surface area contributed by atoms with Gasteiger partial charge in [0.25, 0.3) is 0 Å². The first kappa shape index (κ1) is 27.0. The number of hydrogen-bond acceptors (Lipinski definition) is 3. The molecule has 0 radical (unpaired) electrons. The van der Waals surface area contributed by atoms with Gasteiger partial charge < -0.3 is 5.73 Å². The van der Waals surface area contributed by atoms with E-state index in [-0.39, 0.29) is 17.6 Å². The van der Waals surface area contributed by atoms with Crippen molar-refractivity contribution in [1.82, 2.24) is 5.32 Å². The molecular weight excluding hydrogens is 553 g/mol. The zero-order valence-corrected chi connectivity index (χ0v) is 25.7. The fourth-order valence-electron chi connectivity index (χ4n) is 7.10. The minimum Gasteiger partial charge on any atom is -0.312 e. The molecule has 0 bridgehead atoms. The zero-order valence-electron chi connectivity index (χ0n) is 24.9. The highest BCUT2D eigenvalue weighted by atomic mass is 32.1. The smallest absolute Gasteiger partial charge is 0.0817 e. The summed E-state index contributed by atoms with van der Waals surface area (Å²) in [5.41, 5.74) is 15.7. The summed E-state index contributed by atoms with van der Waals surface area (Å²) in [4.78, 5) is 0. The minimum absolute atomic E-state index is 0.0763. The van der Waals surface area contributed by atoms with Crippen LogP contribution in [0.3, 0.4) is 0 Å². The summed E-state index contributed by atoms with van der Waals surface area (Å²) in [6.07, 6.45) is 4.30. The number of nitrogens with one attached hydrogen (secondary N) is 1. The van der Waals surface area contributed by atoms with Gasteiger partial charge in [0.05, 0.1) is 12.2 Å². The summed E-state index contributed by atoms with van der Waals surface area (Å²) in [6, 6.07) is 45.8. The molecule has 0 saturated carbocycles. The highest BCUT2D eigenvalue weighted by molar-refractivity contribution is 7.25. The molecule has 0 amide bonds. The Balaban J connectivity index is 1.28. The quantitative estimate of drug-likeness (QED) is 0.190. The van der Waals surface area contributed by atoms with Crippen LogP contribution in [0.2, 0.25) is 0 Å². The van der Waals surface area contributed by atoms with Crippen LogP contribution < -0.4 is 11.1 Å². The van der Waals surface area contributed by atoms with E-state index in [1.807, 2.05) is 29.5 Å². The topological polar surface area (TPSA) is 38.0 Å². The number of nitrogens with two attached hydrogens (primary N) is 1. The Kier molecular flexibility index (Phi) is 6.50. The largest absolute Gasteiger partial charge is 0.312 e. The molecule has 8 rings (SSSR count). The van der Waals surface area contributed by atoms with Crippen molar-refractivity contribution in [2.75, 3.05) is 0 Å². The summed E-state index contributed by atoms with van der Waals surface area (Å²) in [5, 5.41) is 8.95. The Labute approximate surface area is 262 Å². The van der Waals surface area contributed by atoms with Crippen molar-refractivity contribution in [3.63, 3.8) is 0 Å². The monoisotopic (exact) mass is 586 g/mol. The summed E-state index contributed by atoms with van der Waals surface area (Å²) >= 11 is 1.85. The van der Waals surface area contributed by atoms with E-state index in [9.17, 15) is 0 Å². The molecule has 0 fully saturated rings. The standard InChI is InChI=1S/C41H34N2S/c1-41(2)33-19-10-16-26(38(33)32-24-28-14-6-7-15-29(28)25-34(32)41)22-23-35(43-40(42)27-12-4-3-5-13-27)30-18-11-21-37-39(30)31-17-8-9-20-36(31)44-37/h3-25,35,40,43H,42H2,1-2H3/b23-22+. The third-order valence-corrected chi connectivity index (χ3v) is 10.5. The molecule has 1 aromatic heterocycles. The maximum absolute atomic E-state index is 6.83. The molecule has 2 atom stereocenters. The van der Waals surface area contributed by atoms with Gasteiger partial charge in [0.1, 0.15) is 0 Å². The molecule has 3 N–H and O–H groups in total. The van der Waals surface area contributed by atoms with Gasteiger partial charge in [0, 0.05) is 25.6 Å². The van der Waals surface area contributed by atoms with Gasteiger partial charge in [-0.1, -0.05) is 129 Å². The number of fused-ring (bicyclic) bond motifs is 7. The fraction of sp³-hybridized carbons (Fsp3) is 0.122. The molecule has 2 nitrogen and oxygen atoms in total. The van der Waals surface area contributed by atoms with Crippen molar-refractivity contribution in [2.45, 2.75) is 31.5 Å². The van der Waals surface area contributed by atoms with E-state index in [1.165, 1.54) is 64.3 Å². The normalized spacial score (nSPS) is 15.2. The van der Waals surface area contributed by atoms with Crippen LogP contribution in [0.5, 0.6) is 0 Å².